The van der Waals surface area contributed by atoms with Crippen molar-refractivity contribution in [2.75, 3.05) is 26.2 Å². The van der Waals surface area contributed by atoms with Crippen LogP contribution in [0, 0.1) is 6.92 Å². The predicted molar refractivity (Wildman–Crippen MR) is 104 cm³/mol. The maximum Gasteiger partial charge on any atom is 0.160 e. The minimum absolute atomic E-state index is 0.305. The van der Waals surface area contributed by atoms with E-state index in [1.807, 2.05) is 55.6 Å². The average Bonchev–Trinajstić information content (AvgIpc) is 3.12. The molecular weight excluding hydrogens is 340 g/mol. The lowest BCUT2D eigenvalue weighted by atomic mass is 9.97. The molecule has 4 rings (SSSR count). The topological polar surface area (TPSA) is 62.9 Å². The number of aryl methyl sites for hydroxylation is 1. The third-order valence-corrected chi connectivity index (χ3v) is 5.20. The van der Waals surface area contributed by atoms with Crippen molar-refractivity contribution in [2.24, 2.45) is 0 Å². The van der Waals surface area contributed by atoms with E-state index >= 15 is 0 Å². The lowest BCUT2D eigenvalue weighted by Crippen LogP contribution is -2.41. The number of pyridine rings is 1. The van der Waals surface area contributed by atoms with Gasteiger partial charge in [0.15, 0.2) is 5.65 Å². The summed E-state index contributed by atoms with van der Waals surface area (Å²) >= 11 is 0. The average molecular weight is 366 g/mol. The Morgan fingerprint density at radius 2 is 2.04 bits per heavy atom. The SMILES string of the molecule is Cc1ccccc1OCC(O)CN1CCCC(c2nnc3ccccn23)C1. The highest BCUT2D eigenvalue weighted by Gasteiger charge is 2.26. The highest BCUT2D eigenvalue weighted by atomic mass is 16.5. The van der Waals surface area contributed by atoms with Crippen LogP contribution in [0.1, 0.15) is 30.1 Å². The molecule has 2 aromatic heterocycles. The first-order valence-corrected chi connectivity index (χ1v) is 9.59. The lowest BCUT2D eigenvalue weighted by Gasteiger charge is -2.33. The summed E-state index contributed by atoms with van der Waals surface area (Å²) < 4.78 is 7.87. The molecule has 3 aromatic rings. The van der Waals surface area contributed by atoms with Gasteiger partial charge in [0, 0.05) is 25.2 Å². The molecule has 1 aliphatic rings. The molecule has 0 radical (unpaired) electrons. The van der Waals surface area contributed by atoms with Crippen LogP contribution in [0.4, 0.5) is 0 Å². The van der Waals surface area contributed by atoms with E-state index in [4.69, 9.17) is 4.74 Å². The summed E-state index contributed by atoms with van der Waals surface area (Å²) in [4.78, 5) is 2.31. The summed E-state index contributed by atoms with van der Waals surface area (Å²) in [6, 6.07) is 13.9. The zero-order valence-electron chi connectivity index (χ0n) is 15.7. The van der Waals surface area contributed by atoms with Crippen molar-refractivity contribution in [3.8, 4) is 5.75 Å². The van der Waals surface area contributed by atoms with Crippen molar-refractivity contribution >= 4 is 5.65 Å². The maximum atomic E-state index is 10.4. The van der Waals surface area contributed by atoms with Gasteiger partial charge in [0.2, 0.25) is 0 Å². The first kappa shape index (κ1) is 17.9. The van der Waals surface area contributed by atoms with Crippen LogP contribution in [-0.4, -0.2) is 56.9 Å². The fraction of sp³-hybridized carbons (Fsp3) is 0.429. The Labute approximate surface area is 159 Å². The molecule has 3 heterocycles. The van der Waals surface area contributed by atoms with Gasteiger partial charge in [0.1, 0.15) is 24.3 Å². The van der Waals surface area contributed by atoms with Gasteiger partial charge >= 0.3 is 0 Å². The van der Waals surface area contributed by atoms with E-state index < -0.39 is 6.10 Å². The summed E-state index contributed by atoms with van der Waals surface area (Å²) in [5.74, 6) is 2.18. The number of ether oxygens (including phenoxy) is 1. The summed E-state index contributed by atoms with van der Waals surface area (Å²) in [6.45, 7) is 4.81. The Kier molecular flexibility index (Phi) is 5.36. The number of nitrogens with zero attached hydrogens (tertiary/aromatic N) is 4. The number of β-amino-alcohol motifs (C(OH)–C–C–N with tert-alkyl or cyclic N) is 1. The number of aliphatic hydroxyl groups excluding tert-OH is 1. The maximum absolute atomic E-state index is 10.4. The Hall–Kier alpha value is -2.44. The molecule has 27 heavy (non-hydrogen) atoms. The number of rotatable bonds is 6. The first-order chi connectivity index (χ1) is 13.2. The second-order valence-electron chi connectivity index (χ2n) is 7.32. The third-order valence-electron chi connectivity index (χ3n) is 5.20. The van der Waals surface area contributed by atoms with Crippen LogP contribution < -0.4 is 4.74 Å². The molecule has 0 amide bonds. The lowest BCUT2D eigenvalue weighted by molar-refractivity contribution is 0.0575. The van der Waals surface area contributed by atoms with Crippen molar-refractivity contribution in [3.05, 3.63) is 60.0 Å². The molecule has 2 atom stereocenters. The van der Waals surface area contributed by atoms with Crippen LogP contribution in [0.15, 0.2) is 48.7 Å². The molecular formula is C21H26N4O2. The number of hydrogen-bond donors (Lipinski definition) is 1. The van der Waals surface area contributed by atoms with Gasteiger partial charge < -0.3 is 9.84 Å². The molecule has 1 aliphatic heterocycles. The number of aromatic nitrogens is 3. The number of fused-ring (bicyclic) bond motifs is 1. The largest absolute Gasteiger partial charge is 0.491 e. The number of benzene rings is 1. The van der Waals surface area contributed by atoms with Gasteiger partial charge in [-0.2, -0.15) is 0 Å². The fourth-order valence-corrected chi connectivity index (χ4v) is 3.83. The van der Waals surface area contributed by atoms with Gasteiger partial charge in [-0.05, 0) is 50.1 Å². The standard InChI is InChI=1S/C21H26N4O2/c1-16-7-2-3-9-19(16)27-15-18(26)14-24-11-6-8-17(13-24)21-23-22-20-10-4-5-12-25(20)21/h2-5,7,9-10,12,17-18,26H,6,8,11,13-15H2,1H3. The van der Waals surface area contributed by atoms with Crippen LogP contribution in [-0.2, 0) is 0 Å². The predicted octanol–water partition coefficient (Wildman–Crippen LogP) is 2.66. The molecule has 6 heteroatoms. The number of piperidine rings is 1. The van der Waals surface area contributed by atoms with E-state index in [2.05, 4.69) is 19.5 Å². The normalized spacial score (nSPS) is 19.3. The molecule has 0 aliphatic carbocycles. The van der Waals surface area contributed by atoms with Crippen LogP contribution in [0.3, 0.4) is 0 Å². The van der Waals surface area contributed by atoms with Crippen LogP contribution in [0.25, 0.3) is 5.65 Å². The monoisotopic (exact) mass is 366 g/mol. The highest BCUT2D eigenvalue weighted by Crippen LogP contribution is 2.26. The zero-order valence-corrected chi connectivity index (χ0v) is 15.7. The van der Waals surface area contributed by atoms with Gasteiger partial charge in [-0.3, -0.25) is 9.30 Å². The van der Waals surface area contributed by atoms with Gasteiger partial charge in [-0.15, -0.1) is 10.2 Å². The molecule has 1 fully saturated rings. The van der Waals surface area contributed by atoms with Crippen molar-refractivity contribution in [2.45, 2.75) is 31.8 Å². The Balaban J connectivity index is 1.35. The van der Waals surface area contributed by atoms with Gasteiger partial charge in [0.25, 0.3) is 0 Å². The third kappa shape index (κ3) is 4.12. The van der Waals surface area contributed by atoms with Crippen molar-refractivity contribution in [3.63, 3.8) is 0 Å². The van der Waals surface area contributed by atoms with E-state index in [1.165, 1.54) is 0 Å². The number of hydrogen-bond acceptors (Lipinski definition) is 5. The molecule has 1 saturated heterocycles. The number of likely N-dealkylation sites (tertiary alicyclic amines) is 1. The van der Waals surface area contributed by atoms with Crippen LogP contribution >= 0.6 is 0 Å². The summed E-state index contributed by atoms with van der Waals surface area (Å²) in [6.07, 6.45) is 3.70. The van der Waals surface area contributed by atoms with E-state index in [-0.39, 0.29) is 0 Å². The zero-order chi connectivity index (χ0) is 18.6. The quantitative estimate of drug-likeness (QED) is 0.727. The minimum atomic E-state index is -0.515. The van der Waals surface area contributed by atoms with Crippen molar-refractivity contribution < 1.29 is 9.84 Å². The Bertz CT molecular complexity index is 895. The summed E-state index contributed by atoms with van der Waals surface area (Å²) in [7, 11) is 0. The molecule has 6 nitrogen and oxygen atoms in total. The van der Waals surface area contributed by atoms with E-state index in [0.717, 1.165) is 48.7 Å². The van der Waals surface area contributed by atoms with Gasteiger partial charge in [-0.25, -0.2) is 0 Å². The van der Waals surface area contributed by atoms with Gasteiger partial charge in [-0.1, -0.05) is 24.3 Å². The van der Waals surface area contributed by atoms with Crippen molar-refractivity contribution in [1.82, 2.24) is 19.5 Å². The molecule has 2 unspecified atom stereocenters. The molecule has 142 valence electrons. The molecule has 0 saturated carbocycles. The van der Waals surface area contributed by atoms with Crippen molar-refractivity contribution in [1.29, 1.82) is 0 Å². The second kappa shape index (κ2) is 8.06. The fourth-order valence-electron chi connectivity index (χ4n) is 3.83. The summed E-state index contributed by atoms with van der Waals surface area (Å²) in [5.41, 5.74) is 1.97. The minimum Gasteiger partial charge on any atom is -0.491 e. The Morgan fingerprint density at radius 1 is 1.19 bits per heavy atom. The van der Waals surface area contributed by atoms with Gasteiger partial charge in [0.05, 0.1) is 0 Å². The van der Waals surface area contributed by atoms with Crippen LogP contribution in [0.2, 0.25) is 0 Å². The smallest absolute Gasteiger partial charge is 0.160 e. The van der Waals surface area contributed by atoms with E-state index in [1.54, 1.807) is 0 Å². The highest BCUT2D eigenvalue weighted by molar-refractivity contribution is 5.37. The second-order valence-corrected chi connectivity index (χ2v) is 7.32. The molecule has 1 N–H and O–H groups in total. The van der Waals surface area contributed by atoms with E-state index in [0.29, 0.717) is 19.1 Å². The first-order valence-electron chi connectivity index (χ1n) is 9.59. The molecule has 1 aromatic carbocycles. The Morgan fingerprint density at radius 3 is 2.93 bits per heavy atom. The van der Waals surface area contributed by atoms with E-state index in [9.17, 15) is 5.11 Å². The number of para-hydroxylation sites is 1. The molecule has 0 spiro atoms. The summed E-state index contributed by atoms with van der Waals surface area (Å²) in [5, 5.41) is 19.1. The molecule has 0 bridgehead atoms. The van der Waals surface area contributed by atoms with Crippen LogP contribution in [0.5, 0.6) is 5.75 Å². The number of aliphatic hydroxyl groups is 1.